The molecule has 2 heterocycles. The molecule has 1 spiro atoms. The summed E-state index contributed by atoms with van der Waals surface area (Å²) in [6.45, 7) is 13.4. The maximum atomic E-state index is 14.9. The Morgan fingerprint density at radius 2 is 1.76 bits per heavy atom. The molecule has 9 heteroatoms. The van der Waals surface area contributed by atoms with E-state index in [4.69, 9.17) is 15.2 Å². The minimum Gasteiger partial charge on any atom is -0.497 e. The number of rotatable bonds is 12. The van der Waals surface area contributed by atoms with Gasteiger partial charge >= 0.3 is 0 Å². The number of hydrogen-bond acceptors (Lipinski definition) is 6. The van der Waals surface area contributed by atoms with Gasteiger partial charge in [0.15, 0.2) is 5.60 Å². The average Bonchev–Trinajstić information content (AvgIpc) is 3.50. The van der Waals surface area contributed by atoms with E-state index < -0.39 is 13.7 Å². The van der Waals surface area contributed by atoms with E-state index in [1.807, 2.05) is 35.2 Å². The summed E-state index contributed by atoms with van der Waals surface area (Å²) in [6, 6.07) is 20.7. The van der Waals surface area contributed by atoms with Gasteiger partial charge in [0.2, 0.25) is 0 Å². The van der Waals surface area contributed by atoms with E-state index in [9.17, 15) is 14.7 Å². The molecule has 4 atom stereocenters. The number of aliphatic hydroxyl groups excluding tert-OH is 1. The number of carbonyl (C=O) groups is 2. The van der Waals surface area contributed by atoms with Gasteiger partial charge in [-0.15, -0.1) is 0 Å². The van der Waals surface area contributed by atoms with Crippen LogP contribution in [0.1, 0.15) is 62.9 Å². The largest absolute Gasteiger partial charge is 0.497 e. The van der Waals surface area contributed by atoms with Crippen molar-refractivity contribution >= 4 is 42.1 Å². The third-order valence-electron chi connectivity index (χ3n) is 10.4. The molecule has 2 aliphatic heterocycles. The highest BCUT2D eigenvalue weighted by atomic mass is 28.3. The number of nitrogens with two attached hydrogens (primary N) is 1. The summed E-state index contributed by atoms with van der Waals surface area (Å²) < 4.78 is 12.5. The first-order chi connectivity index (χ1) is 23.3. The molecule has 4 N–H and O–H groups in total. The molecule has 1 saturated heterocycles. The van der Waals surface area contributed by atoms with Crippen molar-refractivity contribution in [3.8, 4) is 5.75 Å². The molecule has 3 aromatic rings. The van der Waals surface area contributed by atoms with Crippen LogP contribution in [0, 0.1) is 5.92 Å². The monoisotopic (exact) mass is 681 g/mol. The lowest BCUT2D eigenvalue weighted by atomic mass is 9.82. The number of nitrogen functional groups attached to an aromatic ring is 1. The first kappa shape index (κ1) is 36.1. The second-order valence-electron chi connectivity index (χ2n) is 14.3. The number of fused-ring (bicyclic) bond motifs is 2. The number of nitrogens with zero attached hydrogens (tertiary/aromatic N) is 1. The van der Waals surface area contributed by atoms with Crippen LogP contribution in [0.3, 0.4) is 0 Å². The van der Waals surface area contributed by atoms with E-state index in [0.717, 1.165) is 29.8 Å². The molecule has 0 saturated carbocycles. The van der Waals surface area contributed by atoms with E-state index in [1.54, 1.807) is 31.4 Å². The summed E-state index contributed by atoms with van der Waals surface area (Å²) in [4.78, 5) is 30.0. The number of hydrogen-bond donors (Lipinski definition) is 3. The number of nitrogens with one attached hydrogen (secondary N) is 1. The number of ether oxygens (including phenoxy) is 2. The maximum absolute atomic E-state index is 14.9. The number of aliphatic hydroxyl groups is 1. The molecule has 0 aromatic heterocycles. The second kappa shape index (κ2) is 14.7. The Morgan fingerprint density at radius 1 is 1.06 bits per heavy atom. The van der Waals surface area contributed by atoms with Crippen molar-refractivity contribution in [2.24, 2.45) is 5.92 Å². The van der Waals surface area contributed by atoms with Crippen LogP contribution in [-0.4, -0.2) is 51.4 Å². The van der Waals surface area contributed by atoms with Crippen molar-refractivity contribution < 1.29 is 24.2 Å². The highest BCUT2D eigenvalue weighted by molar-refractivity contribution is 6.91. The molecule has 5 rings (SSSR count). The topological polar surface area (TPSA) is 114 Å². The Kier molecular flexibility index (Phi) is 10.9. The standard InChI is InChI=1S/C40H51N3O5Si/c1-26(2)9-8-10-27(3)21-23-43-35-20-15-31(42-38(45)29-11-13-30(41)14-12-29)25-34(35)40(39(43)46)28(4)37(36(48-40)22-24-44)49(6,7)33-18-16-32(47-5)17-19-33/h9,11-21,25,28,36-37,44H,8,10,22-24,41H2,1-7H3,(H,42,45)/b27-21+/t28-,36+,37-,40+/m0/s1. The number of carbonyl (C=O) groups excluding carboxylic acids is 2. The molecule has 0 unspecified atom stereocenters. The van der Waals surface area contributed by atoms with Crippen LogP contribution in [0.4, 0.5) is 17.1 Å². The van der Waals surface area contributed by atoms with E-state index >= 15 is 0 Å². The van der Waals surface area contributed by atoms with Gasteiger partial charge in [-0.25, -0.2) is 0 Å². The zero-order chi connectivity index (χ0) is 35.5. The smallest absolute Gasteiger partial charge is 0.264 e. The Balaban J connectivity index is 1.57. The minimum absolute atomic E-state index is 0.0131. The Morgan fingerprint density at radius 3 is 2.39 bits per heavy atom. The summed E-state index contributed by atoms with van der Waals surface area (Å²) in [5.41, 5.74) is 10.3. The van der Waals surface area contributed by atoms with Crippen LogP contribution in [0.5, 0.6) is 5.75 Å². The lowest BCUT2D eigenvalue weighted by molar-refractivity contribution is -0.146. The van der Waals surface area contributed by atoms with Crippen LogP contribution in [-0.2, 0) is 15.1 Å². The quantitative estimate of drug-likeness (QED) is 0.106. The summed E-state index contributed by atoms with van der Waals surface area (Å²) in [6.07, 6.45) is 6.31. The molecule has 260 valence electrons. The van der Waals surface area contributed by atoms with Gasteiger partial charge < -0.3 is 30.5 Å². The van der Waals surface area contributed by atoms with E-state index in [2.05, 4.69) is 70.4 Å². The fourth-order valence-electron chi connectivity index (χ4n) is 7.75. The molecule has 49 heavy (non-hydrogen) atoms. The molecule has 0 radical (unpaired) electrons. The van der Waals surface area contributed by atoms with Crippen molar-refractivity contribution in [3.05, 3.63) is 101 Å². The summed E-state index contributed by atoms with van der Waals surface area (Å²) in [5, 5.41) is 14.5. The molecular weight excluding hydrogens is 631 g/mol. The Labute approximate surface area is 292 Å². The van der Waals surface area contributed by atoms with Crippen molar-refractivity contribution in [1.82, 2.24) is 0 Å². The van der Waals surface area contributed by atoms with E-state index in [0.29, 0.717) is 29.9 Å². The van der Waals surface area contributed by atoms with Crippen molar-refractivity contribution in [2.75, 3.05) is 36.2 Å². The fraction of sp³-hybridized carbons (Fsp3) is 0.400. The lowest BCUT2D eigenvalue weighted by Crippen LogP contribution is -2.51. The predicted molar refractivity (Wildman–Crippen MR) is 201 cm³/mol. The van der Waals surface area contributed by atoms with Gasteiger partial charge in [-0.1, -0.05) is 60.6 Å². The molecule has 2 amide bonds. The number of amides is 2. The SMILES string of the molecule is COc1ccc([Si](C)(C)[C@@H]2[C@@H](CCO)O[C@]3(C(=O)N(C/C=C(\C)CCC=C(C)C)c4ccc(NC(=O)c5ccc(N)cc5)cc43)[C@H]2C)cc1. The number of allylic oxidation sites excluding steroid dienone is 3. The summed E-state index contributed by atoms with van der Waals surface area (Å²) in [7, 11) is -0.661. The molecule has 0 aliphatic carbocycles. The van der Waals surface area contributed by atoms with Gasteiger partial charge in [0, 0.05) is 41.6 Å². The zero-order valence-electron chi connectivity index (χ0n) is 29.9. The highest BCUT2D eigenvalue weighted by Gasteiger charge is 2.66. The number of benzene rings is 3. The van der Waals surface area contributed by atoms with Crippen LogP contribution in [0.25, 0.3) is 0 Å². The highest BCUT2D eigenvalue weighted by Crippen LogP contribution is 2.60. The van der Waals surface area contributed by atoms with Gasteiger partial charge in [0.25, 0.3) is 11.8 Å². The predicted octanol–water partition coefficient (Wildman–Crippen LogP) is 7.17. The summed E-state index contributed by atoms with van der Waals surface area (Å²) in [5.74, 6) is 0.209. The van der Waals surface area contributed by atoms with Gasteiger partial charge in [0.1, 0.15) is 5.75 Å². The second-order valence-corrected chi connectivity index (χ2v) is 19.0. The molecule has 8 nitrogen and oxygen atoms in total. The van der Waals surface area contributed by atoms with Crippen LogP contribution in [0.15, 0.2) is 90.0 Å². The molecule has 0 bridgehead atoms. The van der Waals surface area contributed by atoms with E-state index in [-0.39, 0.29) is 36.0 Å². The van der Waals surface area contributed by atoms with Crippen LogP contribution >= 0.6 is 0 Å². The number of methoxy groups -OCH3 is 1. The lowest BCUT2D eigenvalue weighted by Gasteiger charge is -2.37. The van der Waals surface area contributed by atoms with Crippen LogP contribution in [0.2, 0.25) is 18.6 Å². The third-order valence-corrected chi connectivity index (χ3v) is 14.8. The van der Waals surface area contributed by atoms with Gasteiger partial charge in [-0.2, -0.15) is 0 Å². The average molecular weight is 682 g/mol. The first-order valence-corrected chi connectivity index (χ1v) is 20.3. The third kappa shape index (κ3) is 7.11. The zero-order valence-corrected chi connectivity index (χ0v) is 30.9. The Hall–Kier alpha value is -4.18. The number of anilines is 3. The van der Waals surface area contributed by atoms with Crippen molar-refractivity contribution in [2.45, 2.75) is 77.3 Å². The molecule has 2 aliphatic rings. The maximum Gasteiger partial charge on any atom is 0.264 e. The van der Waals surface area contributed by atoms with Crippen molar-refractivity contribution in [1.29, 1.82) is 0 Å². The Bertz CT molecular complexity index is 1730. The van der Waals surface area contributed by atoms with Crippen LogP contribution < -0.4 is 25.9 Å². The van der Waals surface area contributed by atoms with Gasteiger partial charge in [-0.3, -0.25) is 9.59 Å². The first-order valence-electron chi connectivity index (χ1n) is 17.2. The minimum atomic E-state index is -2.32. The molecule has 3 aromatic carbocycles. The van der Waals surface area contributed by atoms with E-state index in [1.165, 1.54) is 16.3 Å². The molecular formula is C40H51N3O5Si. The van der Waals surface area contributed by atoms with Gasteiger partial charge in [-0.05, 0) is 100 Å². The normalized spacial score (nSPS) is 22.0. The molecule has 1 fully saturated rings. The summed E-state index contributed by atoms with van der Waals surface area (Å²) >= 11 is 0. The van der Waals surface area contributed by atoms with Gasteiger partial charge in [0.05, 0.1) is 27.0 Å². The van der Waals surface area contributed by atoms with Crippen molar-refractivity contribution in [3.63, 3.8) is 0 Å². The fourth-order valence-corrected chi connectivity index (χ4v) is 11.8.